The summed E-state index contributed by atoms with van der Waals surface area (Å²) in [6.45, 7) is -0.0614. The van der Waals surface area contributed by atoms with Gasteiger partial charge in [-0.2, -0.15) is 0 Å². The number of methoxy groups -OCH3 is 1. The van der Waals surface area contributed by atoms with Gasteiger partial charge in [-0.3, -0.25) is 9.59 Å². The van der Waals surface area contributed by atoms with Crippen LogP contribution in [0.15, 0.2) is 48.2 Å². The van der Waals surface area contributed by atoms with Crippen molar-refractivity contribution in [1.29, 1.82) is 0 Å². The number of carbonyl (C=O) groups is 2. The third-order valence-electron chi connectivity index (χ3n) is 4.41. The predicted molar refractivity (Wildman–Crippen MR) is 104 cm³/mol. The minimum absolute atomic E-state index is 0.115. The number of hydrogen-bond acceptors (Lipinski definition) is 5. The molecule has 1 aliphatic heterocycles. The second-order valence-corrected chi connectivity index (χ2v) is 6.52. The summed E-state index contributed by atoms with van der Waals surface area (Å²) in [5.41, 5.74) is 0.850. The van der Waals surface area contributed by atoms with Gasteiger partial charge in [0.25, 0.3) is 11.8 Å². The largest absolute Gasteiger partial charge is 0.496 e. The van der Waals surface area contributed by atoms with Crippen LogP contribution in [0.4, 0.5) is 10.1 Å². The lowest BCUT2D eigenvalue weighted by molar-refractivity contribution is -0.120. The van der Waals surface area contributed by atoms with E-state index in [1.165, 1.54) is 24.1 Å². The van der Waals surface area contributed by atoms with Gasteiger partial charge in [-0.25, -0.2) is 9.29 Å². The molecule has 0 bridgehead atoms. The summed E-state index contributed by atoms with van der Waals surface area (Å²) in [4.78, 5) is 28.9. The van der Waals surface area contributed by atoms with Gasteiger partial charge in [-0.15, -0.1) is 0 Å². The van der Waals surface area contributed by atoms with Gasteiger partial charge in [0.2, 0.25) is 0 Å². The summed E-state index contributed by atoms with van der Waals surface area (Å²) in [5.74, 6) is -1.41. The summed E-state index contributed by atoms with van der Waals surface area (Å²) in [7, 11) is 3.07. The Bertz CT molecular complexity index is 976. The standard InChI is InChI=1S/C20H18ClFN2O4/c1-23(9-10-25)18-17(13-5-3-4-6-16(13)28-2)19(26)24(20(18)27)12-7-8-15(22)14(21)11-12/h3-8,11,25H,9-10H2,1-2H3. The number of benzene rings is 2. The summed E-state index contributed by atoms with van der Waals surface area (Å²) in [6, 6.07) is 10.5. The van der Waals surface area contributed by atoms with E-state index in [1.807, 2.05) is 0 Å². The second-order valence-electron chi connectivity index (χ2n) is 6.11. The quantitative estimate of drug-likeness (QED) is 0.750. The number of aliphatic hydroxyl groups excluding tert-OH is 1. The van der Waals surface area contributed by atoms with Crippen molar-refractivity contribution in [2.75, 3.05) is 32.2 Å². The SMILES string of the molecule is COc1ccccc1C1=C(N(C)CCO)C(=O)N(c2ccc(F)c(Cl)c2)C1=O. The van der Waals surface area contributed by atoms with E-state index in [9.17, 15) is 19.1 Å². The highest BCUT2D eigenvalue weighted by Crippen LogP contribution is 2.38. The number of imide groups is 1. The third-order valence-corrected chi connectivity index (χ3v) is 4.70. The molecular formula is C20H18ClFN2O4. The molecule has 2 amide bonds. The average molecular weight is 405 g/mol. The van der Waals surface area contributed by atoms with Crippen LogP contribution in [0.5, 0.6) is 5.75 Å². The van der Waals surface area contributed by atoms with Gasteiger partial charge in [0.05, 0.1) is 30.0 Å². The molecule has 0 fully saturated rings. The van der Waals surface area contributed by atoms with E-state index < -0.39 is 17.6 Å². The molecular weight excluding hydrogens is 387 g/mol. The molecule has 0 aliphatic carbocycles. The highest BCUT2D eigenvalue weighted by atomic mass is 35.5. The zero-order chi connectivity index (χ0) is 20.4. The minimum Gasteiger partial charge on any atom is -0.496 e. The lowest BCUT2D eigenvalue weighted by Crippen LogP contribution is -2.34. The number of carbonyl (C=O) groups excluding carboxylic acids is 2. The fraction of sp³-hybridized carbons (Fsp3) is 0.200. The Kier molecular flexibility index (Phi) is 5.67. The Hall–Kier alpha value is -2.90. The van der Waals surface area contributed by atoms with Gasteiger partial charge in [-0.1, -0.05) is 29.8 Å². The highest BCUT2D eigenvalue weighted by molar-refractivity contribution is 6.46. The molecule has 1 N–H and O–H groups in total. The number of halogens is 2. The molecule has 0 saturated carbocycles. The van der Waals surface area contributed by atoms with E-state index in [2.05, 4.69) is 0 Å². The first-order chi connectivity index (χ1) is 13.4. The minimum atomic E-state index is -0.653. The van der Waals surface area contributed by atoms with E-state index in [4.69, 9.17) is 16.3 Å². The number of para-hydroxylation sites is 1. The van der Waals surface area contributed by atoms with Gasteiger partial charge in [-0.05, 0) is 24.3 Å². The van der Waals surface area contributed by atoms with Crippen LogP contribution in [0.1, 0.15) is 5.56 Å². The van der Waals surface area contributed by atoms with Crippen molar-refractivity contribution in [3.05, 3.63) is 64.6 Å². The van der Waals surface area contributed by atoms with E-state index in [0.717, 1.165) is 11.0 Å². The molecule has 0 aromatic heterocycles. The number of likely N-dealkylation sites (N-methyl/N-ethyl adjacent to an activating group) is 1. The molecule has 6 nitrogen and oxygen atoms in total. The van der Waals surface area contributed by atoms with Crippen LogP contribution in [-0.4, -0.2) is 49.1 Å². The number of amides is 2. The van der Waals surface area contributed by atoms with Crippen molar-refractivity contribution in [2.45, 2.75) is 0 Å². The van der Waals surface area contributed by atoms with E-state index >= 15 is 0 Å². The van der Waals surface area contributed by atoms with Crippen molar-refractivity contribution < 1.29 is 23.8 Å². The van der Waals surface area contributed by atoms with Crippen molar-refractivity contribution in [2.24, 2.45) is 0 Å². The number of anilines is 1. The first kappa shape index (κ1) is 19.9. The van der Waals surface area contributed by atoms with Gasteiger partial charge in [0.1, 0.15) is 17.3 Å². The number of rotatable bonds is 6. The molecule has 0 radical (unpaired) electrons. The average Bonchev–Trinajstić information content (AvgIpc) is 2.94. The Balaban J connectivity index is 2.18. The van der Waals surface area contributed by atoms with Crippen LogP contribution in [0, 0.1) is 5.82 Å². The Morgan fingerprint density at radius 2 is 1.89 bits per heavy atom. The maximum atomic E-state index is 13.5. The van der Waals surface area contributed by atoms with Gasteiger partial charge in [0.15, 0.2) is 0 Å². The van der Waals surface area contributed by atoms with E-state index in [0.29, 0.717) is 11.3 Å². The van der Waals surface area contributed by atoms with Gasteiger partial charge >= 0.3 is 0 Å². The summed E-state index contributed by atoms with van der Waals surface area (Å²) < 4.78 is 18.9. The molecule has 1 heterocycles. The first-order valence-corrected chi connectivity index (χ1v) is 8.82. The maximum Gasteiger partial charge on any atom is 0.282 e. The van der Waals surface area contributed by atoms with Crippen LogP contribution in [0.2, 0.25) is 5.02 Å². The van der Waals surface area contributed by atoms with E-state index in [-0.39, 0.29) is 35.1 Å². The van der Waals surface area contributed by atoms with Crippen LogP contribution < -0.4 is 9.64 Å². The molecule has 0 unspecified atom stereocenters. The molecule has 0 spiro atoms. The number of hydrogen-bond donors (Lipinski definition) is 1. The van der Waals surface area contributed by atoms with Crippen LogP contribution in [0.3, 0.4) is 0 Å². The normalized spacial score (nSPS) is 14.1. The lowest BCUT2D eigenvalue weighted by Gasteiger charge is -2.20. The fourth-order valence-corrected chi connectivity index (χ4v) is 3.26. The van der Waals surface area contributed by atoms with Crippen LogP contribution in [0.25, 0.3) is 5.57 Å². The zero-order valence-corrected chi connectivity index (χ0v) is 16.0. The lowest BCUT2D eigenvalue weighted by atomic mass is 10.0. The van der Waals surface area contributed by atoms with Crippen molar-refractivity contribution in [3.8, 4) is 5.75 Å². The molecule has 0 atom stereocenters. The fourth-order valence-electron chi connectivity index (χ4n) is 3.09. The van der Waals surface area contributed by atoms with Crippen molar-refractivity contribution >= 4 is 34.7 Å². The second kappa shape index (κ2) is 8.00. The van der Waals surface area contributed by atoms with Crippen molar-refractivity contribution in [1.82, 2.24) is 4.90 Å². The molecule has 1 aliphatic rings. The number of aliphatic hydroxyl groups is 1. The maximum absolute atomic E-state index is 13.5. The Labute approximate surface area is 166 Å². The highest BCUT2D eigenvalue weighted by Gasteiger charge is 2.42. The smallest absolute Gasteiger partial charge is 0.282 e. The number of nitrogens with zero attached hydrogens (tertiary/aromatic N) is 2. The number of ether oxygens (including phenoxy) is 1. The molecule has 8 heteroatoms. The predicted octanol–water partition coefficient (Wildman–Crippen LogP) is 2.70. The monoisotopic (exact) mass is 404 g/mol. The molecule has 2 aromatic carbocycles. The van der Waals surface area contributed by atoms with Crippen LogP contribution in [-0.2, 0) is 9.59 Å². The molecule has 28 heavy (non-hydrogen) atoms. The molecule has 0 saturated heterocycles. The summed E-state index contributed by atoms with van der Waals surface area (Å²) >= 11 is 5.84. The molecule has 146 valence electrons. The Morgan fingerprint density at radius 3 is 2.54 bits per heavy atom. The van der Waals surface area contributed by atoms with E-state index in [1.54, 1.807) is 31.3 Å². The van der Waals surface area contributed by atoms with Crippen LogP contribution >= 0.6 is 11.6 Å². The Morgan fingerprint density at radius 1 is 1.18 bits per heavy atom. The topological polar surface area (TPSA) is 70.1 Å². The molecule has 3 rings (SSSR count). The third kappa shape index (κ3) is 3.34. The molecule has 2 aromatic rings. The van der Waals surface area contributed by atoms with Gasteiger partial charge in [0, 0.05) is 19.2 Å². The first-order valence-electron chi connectivity index (χ1n) is 8.44. The van der Waals surface area contributed by atoms with Crippen molar-refractivity contribution in [3.63, 3.8) is 0 Å². The van der Waals surface area contributed by atoms with Gasteiger partial charge < -0.3 is 14.7 Å². The summed E-state index contributed by atoms with van der Waals surface area (Å²) in [6.07, 6.45) is 0. The summed E-state index contributed by atoms with van der Waals surface area (Å²) in [5, 5.41) is 9.10. The zero-order valence-electron chi connectivity index (χ0n) is 15.3.